The highest BCUT2D eigenvalue weighted by molar-refractivity contribution is 5.91. The van der Waals surface area contributed by atoms with Gasteiger partial charge in [0.25, 0.3) is 0 Å². The Labute approximate surface area is 293 Å². The standard InChI is InChI=1S/C40H44O10/c1-28-17-31(7-15-36(28)49-27-48-35-13-11-34(12-14-35)47-26-45-24-40(4)21-43-22-40)32-8-16-37(29(2)18-32)50-38(41)30-5-9-33(10-6-30)46-25-44-23-39(3)19-42-20-39/h5-18H,19-27H2,1-4H3. The molecule has 2 heterocycles. The van der Waals surface area contributed by atoms with Crippen LogP contribution >= 0.6 is 0 Å². The molecule has 0 aliphatic carbocycles. The van der Waals surface area contributed by atoms with Crippen LogP contribution in [0.3, 0.4) is 0 Å². The molecule has 10 nitrogen and oxygen atoms in total. The van der Waals surface area contributed by atoms with Gasteiger partial charge in [-0.05, 0) is 109 Å². The van der Waals surface area contributed by atoms with Crippen LogP contribution in [0.2, 0.25) is 0 Å². The highest BCUT2D eigenvalue weighted by Crippen LogP contribution is 2.31. The van der Waals surface area contributed by atoms with Gasteiger partial charge in [-0.3, -0.25) is 0 Å². The van der Waals surface area contributed by atoms with Gasteiger partial charge in [0.2, 0.25) is 6.79 Å². The first-order chi connectivity index (χ1) is 24.2. The van der Waals surface area contributed by atoms with Crippen LogP contribution in [0, 0.1) is 24.7 Å². The number of aryl methyl sites for hydroxylation is 2. The van der Waals surface area contributed by atoms with Crippen LogP contribution in [0.4, 0.5) is 0 Å². The van der Waals surface area contributed by atoms with Gasteiger partial charge < -0.3 is 42.6 Å². The van der Waals surface area contributed by atoms with Crippen molar-refractivity contribution in [3.05, 3.63) is 102 Å². The van der Waals surface area contributed by atoms with E-state index in [2.05, 4.69) is 19.9 Å². The molecule has 264 valence electrons. The number of carbonyl (C=O) groups excluding carboxylic acids is 1. The molecule has 50 heavy (non-hydrogen) atoms. The average molecular weight is 685 g/mol. The van der Waals surface area contributed by atoms with Gasteiger partial charge in [-0.1, -0.05) is 26.0 Å². The molecule has 10 heteroatoms. The molecule has 0 radical (unpaired) electrons. The van der Waals surface area contributed by atoms with E-state index in [1.54, 1.807) is 24.3 Å². The van der Waals surface area contributed by atoms with E-state index >= 15 is 0 Å². The topological polar surface area (TPSA) is 100 Å². The second-order valence-corrected chi connectivity index (χ2v) is 13.6. The summed E-state index contributed by atoms with van der Waals surface area (Å²) in [6.07, 6.45) is 0. The Balaban J connectivity index is 0.936. The second-order valence-electron chi connectivity index (χ2n) is 13.6. The summed E-state index contributed by atoms with van der Waals surface area (Å²) in [4.78, 5) is 12.9. The number of rotatable bonds is 17. The van der Waals surface area contributed by atoms with Crippen molar-refractivity contribution in [1.82, 2.24) is 0 Å². The Morgan fingerprint density at radius 3 is 1.46 bits per heavy atom. The molecule has 2 fully saturated rings. The van der Waals surface area contributed by atoms with E-state index in [4.69, 9.17) is 42.6 Å². The van der Waals surface area contributed by atoms with Gasteiger partial charge in [0.05, 0.1) is 45.2 Å². The molecular formula is C40H44O10. The monoisotopic (exact) mass is 684 g/mol. The fourth-order valence-electron chi connectivity index (χ4n) is 5.44. The van der Waals surface area contributed by atoms with Crippen LogP contribution in [-0.2, 0) is 18.9 Å². The molecule has 6 rings (SSSR count). The van der Waals surface area contributed by atoms with E-state index in [1.807, 2.05) is 68.4 Å². The highest BCUT2D eigenvalue weighted by atomic mass is 16.7. The Bertz CT molecular complexity index is 1730. The normalized spacial score (nSPS) is 15.7. The van der Waals surface area contributed by atoms with Crippen LogP contribution in [0.1, 0.15) is 35.3 Å². The van der Waals surface area contributed by atoms with Crippen molar-refractivity contribution in [3.8, 4) is 39.9 Å². The highest BCUT2D eigenvalue weighted by Gasteiger charge is 2.34. The maximum absolute atomic E-state index is 12.9. The largest absolute Gasteiger partial charge is 0.468 e. The van der Waals surface area contributed by atoms with Gasteiger partial charge >= 0.3 is 5.97 Å². The lowest BCUT2D eigenvalue weighted by Gasteiger charge is -2.37. The Hall–Kier alpha value is -4.61. The molecule has 2 saturated heterocycles. The zero-order chi connectivity index (χ0) is 35.0. The Kier molecular flexibility index (Phi) is 11.2. The molecule has 0 aromatic heterocycles. The first-order valence-corrected chi connectivity index (χ1v) is 16.6. The maximum atomic E-state index is 12.9. The number of hydrogen-bond acceptors (Lipinski definition) is 10. The molecule has 0 atom stereocenters. The van der Waals surface area contributed by atoms with E-state index in [9.17, 15) is 4.79 Å². The molecule has 0 unspecified atom stereocenters. The Morgan fingerprint density at radius 1 is 0.580 bits per heavy atom. The lowest BCUT2D eigenvalue weighted by Crippen LogP contribution is -2.43. The number of ether oxygens (including phenoxy) is 9. The molecule has 2 aliphatic rings. The maximum Gasteiger partial charge on any atom is 0.343 e. The lowest BCUT2D eigenvalue weighted by atomic mass is 9.90. The van der Waals surface area contributed by atoms with Crippen molar-refractivity contribution in [2.24, 2.45) is 10.8 Å². The molecule has 4 aromatic carbocycles. The fourth-order valence-corrected chi connectivity index (χ4v) is 5.44. The number of carbonyl (C=O) groups is 1. The molecule has 2 aliphatic heterocycles. The van der Waals surface area contributed by atoms with Gasteiger partial charge in [-0.15, -0.1) is 0 Å². The van der Waals surface area contributed by atoms with Crippen molar-refractivity contribution in [1.29, 1.82) is 0 Å². The van der Waals surface area contributed by atoms with E-state index < -0.39 is 5.97 Å². The summed E-state index contributed by atoms with van der Waals surface area (Å²) in [5.74, 6) is 2.75. The van der Waals surface area contributed by atoms with Crippen molar-refractivity contribution in [2.75, 3.05) is 60.0 Å². The van der Waals surface area contributed by atoms with E-state index in [0.29, 0.717) is 55.0 Å². The van der Waals surface area contributed by atoms with Gasteiger partial charge in [-0.2, -0.15) is 0 Å². The van der Waals surface area contributed by atoms with Gasteiger partial charge in [0, 0.05) is 10.8 Å². The summed E-state index contributed by atoms with van der Waals surface area (Å²) < 4.78 is 50.4. The van der Waals surface area contributed by atoms with Gasteiger partial charge in [-0.25, -0.2) is 4.79 Å². The first kappa shape index (κ1) is 35.2. The van der Waals surface area contributed by atoms with Crippen molar-refractivity contribution < 1.29 is 47.4 Å². The minimum atomic E-state index is -0.444. The summed E-state index contributed by atoms with van der Waals surface area (Å²) in [5, 5.41) is 0. The molecule has 0 saturated carbocycles. The molecule has 4 aromatic rings. The smallest absolute Gasteiger partial charge is 0.343 e. The van der Waals surface area contributed by atoms with Crippen molar-refractivity contribution in [2.45, 2.75) is 27.7 Å². The SMILES string of the molecule is Cc1cc(-c2ccc(OC(=O)c3ccc(OCOCC4(C)COC4)cc3)c(C)c2)ccc1OCOc1ccc(OCOCC2(C)COC2)cc1. The van der Waals surface area contributed by atoms with Crippen LogP contribution in [0.5, 0.6) is 28.7 Å². The third-order valence-electron chi connectivity index (χ3n) is 8.56. The number of esters is 1. The quantitative estimate of drug-likeness (QED) is 0.0485. The van der Waals surface area contributed by atoms with E-state index in [0.717, 1.165) is 41.2 Å². The lowest BCUT2D eigenvalue weighted by molar-refractivity contribution is -0.151. The average Bonchev–Trinajstić information content (AvgIpc) is 3.09. The summed E-state index contributed by atoms with van der Waals surface area (Å²) in [6, 6.07) is 25.8. The summed E-state index contributed by atoms with van der Waals surface area (Å²) in [6.45, 7) is 12.6. The minimum Gasteiger partial charge on any atom is -0.468 e. The second kappa shape index (κ2) is 15.9. The number of benzene rings is 4. The molecule has 0 spiro atoms. The van der Waals surface area contributed by atoms with Gasteiger partial charge in [0.15, 0.2) is 13.6 Å². The van der Waals surface area contributed by atoms with Crippen LogP contribution in [0.15, 0.2) is 84.9 Å². The first-order valence-electron chi connectivity index (χ1n) is 16.6. The summed E-state index contributed by atoms with van der Waals surface area (Å²) in [7, 11) is 0. The van der Waals surface area contributed by atoms with Crippen LogP contribution in [0.25, 0.3) is 11.1 Å². The third kappa shape index (κ3) is 9.34. The Morgan fingerprint density at radius 2 is 1.02 bits per heavy atom. The number of hydrogen-bond donors (Lipinski definition) is 0. The van der Waals surface area contributed by atoms with Crippen molar-refractivity contribution >= 4 is 5.97 Å². The zero-order valence-electron chi connectivity index (χ0n) is 29.0. The summed E-state index contributed by atoms with van der Waals surface area (Å²) in [5.41, 5.74) is 4.40. The minimum absolute atomic E-state index is 0.0587. The fraction of sp³-hybridized carbons (Fsp3) is 0.375. The zero-order valence-corrected chi connectivity index (χ0v) is 29.0. The predicted octanol–water partition coefficient (Wildman–Crippen LogP) is 7.38. The predicted molar refractivity (Wildman–Crippen MR) is 186 cm³/mol. The molecule has 0 amide bonds. The van der Waals surface area contributed by atoms with Crippen molar-refractivity contribution in [3.63, 3.8) is 0 Å². The van der Waals surface area contributed by atoms with Gasteiger partial charge in [0.1, 0.15) is 28.7 Å². The molecule has 0 N–H and O–H groups in total. The van der Waals surface area contributed by atoms with Crippen LogP contribution < -0.4 is 23.7 Å². The molecular weight excluding hydrogens is 640 g/mol. The van der Waals surface area contributed by atoms with Crippen LogP contribution in [-0.4, -0.2) is 66.0 Å². The summed E-state index contributed by atoms with van der Waals surface area (Å²) >= 11 is 0. The van der Waals surface area contributed by atoms with E-state index in [1.165, 1.54) is 0 Å². The van der Waals surface area contributed by atoms with E-state index in [-0.39, 0.29) is 31.2 Å². The molecule has 0 bridgehead atoms. The third-order valence-corrected chi connectivity index (χ3v) is 8.56.